The summed E-state index contributed by atoms with van der Waals surface area (Å²) in [7, 11) is 0. The third kappa shape index (κ3) is 2.09. The molecule has 1 atom stereocenters. The monoisotopic (exact) mass is 252 g/mol. The lowest BCUT2D eigenvalue weighted by Crippen LogP contribution is -2.32. The smallest absolute Gasteiger partial charge is 0.316 e. The van der Waals surface area contributed by atoms with Crippen molar-refractivity contribution in [3.63, 3.8) is 0 Å². The lowest BCUT2D eigenvalue weighted by Gasteiger charge is -2.25. The van der Waals surface area contributed by atoms with E-state index in [0.29, 0.717) is 12.2 Å². The summed E-state index contributed by atoms with van der Waals surface area (Å²) in [6, 6.07) is 4.90. The summed E-state index contributed by atoms with van der Waals surface area (Å²) in [6.45, 7) is 0.706. The van der Waals surface area contributed by atoms with Crippen LogP contribution in [0.5, 0.6) is 0 Å². The summed E-state index contributed by atoms with van der Waals surface area (Å²) in [5.41, 5.74) is 3.09. The number of nitro benzene ring substituents is 1. The molecule has 4 N–H and O–H groups in total. The predicted octanol–water partition coefficient (Wildman–Crippen LogP) is 0.842. The summed E-state index contributed by atoms with van der Waals surface area (Å²) in [5, 5.41) is 20.5. The molecule has 98 valence electrons. The number of benzene rings is 1. The van der Waals surface area contributed by atoms with Crippen LogP contribution in [0, 0.1) is 10.1 Å². The molecule has 1 aliphatic heterocycles. The van der Waals surface area contributed by atoms with Crippen molar-refractivity contribution in [2.75, 3.05) is 23.5 Å². The number of anilines is 2. The lowest BCUT2D eigenvalue weighted by molar-refractivity contribution is -0.383. The Morgan fingerprint density at radius 3 is 3.00 bits per heavy atom. The van der Waals surface area contributed by atoms with E-state index in [1.54, 1.807) is 18.2 Å². The van der Waals surface area contributed by atoms with Gasteiger partial charge in [-0.05, 0) is 25.0 Å². The Kier molecular flexibility index (Phi) is 3.63. The normalized spacial score (nSPS) is 19.0. The van der Waals surface area contributed by atoms with Crippen LogP contribution in [0.15, 0.2) is 18.2 Å². The van der Waals surface area contributed by atoms with E-state index in [-0.39, 0.29) is 24.0 Å². The van der Waals surface area contributed by atoms with E-state index in [4.69, 9.17) is 5.84 Å². The molecule has 0 saturated carbocycles. The zero-order valence-corrected chi connectivity index (χ0v) is 9.87. The molecule has 1 aromatic rings. The maximum atomic E-state index is 11.2. The number of nitrogens with two attached hydrogens (primary N) is 1. The first-order valence-corrected chi connectivity index (χ1v) is 5.80. The van der Waals surface area contributed by atoms with E-state index in [2.05, 4.69) is 5.43 Å². The number of hydrogen-bond acceptors (Lipinski definition) is 6. The number of aliphatic hydroxyl groups excluding tert-OH is 1. The number of hydrogen-bond donors (Lipinski definition) is 3. The van der Waals surface area contributed by atoms with Gasteiger partial charge in [0.1, 0.15) is 11.4 Å². The van der Waals surface area contributed by atoms with Crippen molar-refractivity contribution in [3.8, 4) is 0 Å². The van der Waals surface area contributed by atoms with E-state index in [1.165, 1.54) is 0 Å². The second kappa shape index (κ2) is 5.19. The van der Waals surface area contributed by atoms with Crippen LogP contribution in [-0.2, 0) is 0 Å². The van der Waals surface area contributed by atoms with Gasteiger partial charge in [0, 0.05) is 6.54 Å². The first kappa shape index (κ1) is 12.6. The minimum absolute atomic E-state index is 0.00254. The Balaban J connectivity index is 2.46. The molecule has 0 spiro atoms. The molecule has 1 aromatic carbocycles. The molecule has 7 heteroatoms. The molecule has 0 amide bonds. The van der Waals surface area contributed by atoms with Crippen LogP contribution >= 0.6 is 0 Å². The Bertz CT molecular complexity index is 452. The first-order chi connectivity index (χ1) is 8.69. The molecule has 0 radical (unpaired) electrons. The Labute approximate surface area is 104 Å². The summed E-state index contributed by atoms with van der Waals surface area (Å²) in [6.07, 6.45) is 1.76. The van der Waals surface area contributed by atoms with Gasteiger partial charge < -0.3 is 15.4 Å². The molecule has 0 bridgehead atoms. The summed E-state index contributed by atoms with van der Waals surface area (Å²) >= 11 is 0. The fourth-order valence-corrected chi connectivity index (χ4v) is 2.41. The highest BCUT2D eigenvalue weighted by Crippen LogP contribution is 2.38. The maximum absolute atomic E-state index is 11.2. The largest absolute Gasteiger partial charge is 0.394 e. The first-order valence-electron chi connectivity index (χ1n) is 5.80. The average molecular weight is 252 g/mol. The van der Waals surface area contributed by atoms with Gasteiger partial charge in [0.05, 0.1) is 17.6 Å². The quantitative estimate of drug-likeness (QED) is 0.416. The number of aliphatic hydroxyl groups is 1. The zero-order valence-electron chi connectivity index (χ0n) is 9.87. The van der Waals surface area contributed by atoms with Crippen LogP contribution in [-0.4, -0.2) is 29.2 Å². The number of rotatable bonds is 4. The predicted molar refractivity (Wildman–Crippen MR) is 68.4 cm³/mol. The van der Waals surface area contributed by atoms with Gasteiger partial charge in [-0.3, -0.25) is 16.0 Å². The van der Waals surface area contributed by atoms with Crippen molar-refractivity contribution in [2.45, 2.75) is 18.9 Å². The van der Waals surface area contributed by atoms with Gasteiger partial charge in [-0.25, -0.2) is 0 Å². The maximum Gasteiger partial charge on any atom is 0.316 e. The molecule has 1 unspecified atom stereocenters. The standard InChI is InChI=1S/C11H16N4O3/c12-13-9-4-1-5-10(11(9)15(17)18)14-6-2-3-8(14)7-16/h1,4-5,8,13,16H,2-3,6-7,12H2. The van der Waals surface area contributed by atoms with Crippen LogP contribution in [0.3, 0.4) is 0 Å². The summed E-state index contributed by atoms with van der Waals surface area (Å²) in [4.78, 5) is 12.6. The fraction of sp³-hybridized carbons (Fsp3) is 0.455. The highest BCUT2D eigenvalue weighted by molar-refractivity contribution is 5.77. The fourth-order valence-electron chi connectivity index (χ4n) is 2.41. The third-order valence-corrected chi connectivity index (χ3v) is 3.25. The molecule has 7 nitrogen and oxygen atoms in total. The number of nitrogens with zero attached hydrogens (tertiary/aromatic N) is 2. The summed E-state index contributed by atoms with van der Waals surface area (Å²) < 4.78 is 0. The van der Waals surface area contributed by atoms with Crippen LogP contribution in [0.25, 0.3) is 0 Å². The molecule has 1 aliphatic rings. The molecule has 0 aromatic heterocycles. The van der Waals surface area contributed by atoms with Crippen LogP contribution in [0.2, 0.25) is 0 Å². The van der Waals surface area contributed by atoms with E-state index in [0.717, 1.165) is 12.8 Å². The average Bonchev–Trinajstić information content (AvgIpc) is 2.85. The Morgan fingerprint density at radius 1 is 1.61 bits per heavy atom. The van der Waals surface area contributed by atoms with E-state index in [9.17, 15) is 15.2 Å². The molecule has 1 saturated heterocycles. The molecule has 2 rings (SSSR count). The minimum Gasteiger partial charge on any atom is -0.394 e. The Morgan fingerprint density at radius 2 is 2.39 bits per heavy atom. The second-order valence-corrected chi connectivity index (χ2v) is 4.25. The van der Waals surface area contributed by atoms with E-state index in [1.807, 2.05) is 4.90 Å². The van der Waals surface area contributed by atoms with Gasteiger partial charge in [0.2, 0.25) is 0 Å². The summed E-state index contributed by atoms with van der Waals surface area (Å²) in [5.74, 6) is 5.30. The number of nitro groups is 1. The molecule has 1 heterocycles. The number of nitrogen functional groups attached to an aromatic ring is 1. The van der Waals surface area contributed by atoms with Gasteiger partial charge in [0.25, 0.3) is 0 Å². The number of para-hydroxylation sites is 1. The SMILES string of the molecule is NNc1cccc(N2CCCC2CO)c1[N+](=O)[O-]. The minimum atomic E-state index is -0.447. The molecule has 1 fully saturated rings. The van der Waals surface area contributed by atoms with Crippen LogP contribution in [0.4, 0.5) is 17.1 Å². The lowest BCUT2D eigenvalue weighted by atomic mass is 10.2. The van der Waals surface area contributed by atoms with Crippen molar-refractivity contribution in [2.24, 2.45) is 5.84 Å². The number of nitrogens with one attached hydrogen (secondary N) is 1. The molecular weight excluding hydrogens is 236 g/mol. The topological polar surface area (TPSA) is 105 Å². The van der Waals surface area contributed by atoms with Gasteiger partial charge in [-0.15, -0.1) is 0 Å². The van der Waals surface area contributed by atoms with Crippen molar-refractivity contribution < 1.29 is 10.0 Å². The third-order valence-electron chi connectivity index (χ3n) is 3.25. The highest BCUT2D eigenvalue weighted by Gasteiger charge is 2.30. The van der Waals surface area contributed by atoms with Crippen molar-refractivity contribution in [1.29, 1.82) is 0 Å². The van der Waals surface area contributed by atoms with Crippen LogP contribution in [0.1, 0.15) is 12.8 Å². The van der Waals surface area contributed by atoms with Crippen molar-refractivity contribution >= 4 is 17.1 Å². The molecule has 18 heavy (non-hydrogen) atoms. The van der Waals surface area contributed by atoms with Crippen molar-refractivity contribution in [3.05, 3.63) is 28.3 Å². The van der Waals surface area contributed by atoms with E-state index < -0.39 is 4.92 Å². The van der Waals surface area contributed by atoms with Gasteiger partial charge in [-0.2, -0.15) is 0 Å². The molecule has 0 aliphatic carbocycles. The highest BCUT2D eigenvalue weighted by atomic mass is 16.6. The van der Waals surface area contributed by atoms with Gasteiger partial charge in [-0.1, -0.05) is 6.07 Å². The second-order valence-electron chi connectivity index (χ2n) is 4.25. The van der Waals surface area contributed by atoms with Crippen LogP contribution < -0.4 is 16.2 Å². The molecular formula is C11H16N4O3. The zero-order chi connectivity index (χ0) is 13.1. The number of hydrazine groups is 1. The Hall–Kier alpha value is -1.86. The van der Waals surface area contributed by atoms with Crippen molar-refractivity contribution in [1.82, 2.24) is 0 Å². The van der Waals surface area contributed by atoms with Gasteiger partial charge >= 0.3 is 5.69 Å². The van der Waals surface area contributed by atoms with E-state index >= 15 is 0 Å². The van der Waals surface area contributed by atoms with Gasteiger partial charge in [0.15, 0.2) is 0 Å².